The molecule has 5 aromatic rings. The van der Waals surface area contributed by atoms with Gasteiger partial charge in [-0.1, -0.05) is 54.6 Å². The van der Waals surface area contributed by atoms with Gasteiger partial charge in [-0.25, -0.2) is 9.48 Å². The highest BCUT2D eigenvalue weighted by atomic mass is 16.4. The van der Waals surface area contributed by atoms with Crippen molar-refractivity contribution >= 4 is 28.6 Å². The van der Waals surface area contributed by atoms with Crippen molar-refractivity contribution in [2.24, 2.45) is 0 Å². The Hall–Kier alpha value is -5.22. The van der Waals surface area contributed by atoms with Gasteiger partial charge in [-0.2, -0.15) is 10.4 Å². The van der Waals surface area contributed by atoms with Crippen LogP contribution in [-0.2, 0) is 4.79 Å². The third-order valence-electron chi connectivity index (χ3n) is 5.72. The summed E-state index contributed by atoms with van der Waals surface area (Å²) in [5.74, 6) is -0.559. The number of nitrogens with zero attached hydrogens (tertiary/aromatic N) is 3. The molecule has 0 spiro atoms. The first-order valence-electron chi connectivity index (χ1n) is 11.2. The number of amides is 1. The molecule has 0 bridgehead atoms. The van der Waals surface area contributed by atoms with Crippen LogP contribution in [-0.4, -0.2) is 15.7 Å². The van der Waals surface area contributed by atoms with Crippen LogP contribution in [0.5, 0.6) is 0 Å². The second-order valence-corrected chi connectivity index (χ2v) is 8.14. The Balaban J connectivity index is 1.64. The number of fused-ring (bicyclic) bond motifs is 1. The number of anilines is 1. The highest BCUT2D eigenvalue weighted by molar-refractivity contribution is 6.10. The topological polar surface area (TPSA) is 101 Å². The van der Waals surface area contributed by atoms with E-state index in [0.29, 0.717) is 22.5 Å². The van der Waals surface area contributed by atoms with E-state index in [0.717, 1.165) is 16.6 Å². The van der Waals surface area contributed by atoms with Crippen molar-refractivity contribution < 1.29 is 9.21 Å². The van der Waals surface area contributed by atoms with Crippen LogP contribution in [0.25, 0.3) is 34.0 Å². The fourth-order valence-corrected chi connectivity index (χ4v) is 3.85. The van der Waals surface area contributed by atoms with Gasteiger partial charge in [-0.05, 0) is 48.9 Å². The summed E-state index contributed by atoms with van der Waals surface area (Å²) in [5, 5.41) is 17.9. The zero-order valence-corrected chi connectivity index (χ0v) is 19.3. The summed E-state index contributed by atoms with van der Waals surface area (Å²) < 4.78 is 7.12. The van der Waals surface area contributed by atoms with E-state index in [-0.39, 0.29) is 11.1 Å². The number of hydrogen-bond acceptors (Lipinski definition) is 5. The Morgan fingerprint density at radius 2 is 1.75 bits per heavy atom. The molecule has 0 aliphatic heterocycles. The third kappa shape index (κ3) is 4.43. The lowest BCUT2D eigenvalue weighted by molar-refractivity contribution is -0.112. The van der Waals surface area contributed by atoms with Crippen molar-refractivity contribution in [2.75, 3.05) is 5.32 Å². The second-order valence-electron chi connectivity index (χ2n) is 8.14. The molecule has 174 valence electrons. The highest BCUT2D eigenvalue weighted by Crippen LogP contribution is 2.26. The number of para-hydroxylation sites is 3. The molecule has 0 atom stereocenters. The number of nitriles is 1. The number of nitrogens with one attached hydrogen (secondary N) is 1. The average molecular weight is 473 g/mol. The number of aryl methyl sites for hydroxylation is 1. The van der Waals surface area contributed by atoms with Gasteiger partial charge in [0.25, 0.3) is 5.91 Å². The van der Waals surface area contributed by atoms with Gasteiger partial charge >= 0.3 is 5.63 Å². The van der Waals surface area contributed by atoms with E-state index < -0.39 is 11.5 Å². The van der Waals surface area contributed by atoms with Crippen molar-refractivity contribution in [3.05, 3.63) is 118 Å². The van der Waals surface area contributed by atoms with Crippen LogP contribution in [0, 0.1) is 18.3 Å². The lowest BCUT2D eigenvalue weighted by Gasteiger charge is -2.07. The van der Waals surface area contributed by atoms with E-state index in [4.69, 9.17) is 4.42 Å². The monoisotopic (exact) mass is 472 g/mol. The Morgan fingerprint density at radius 3 is 2.53 bits per heavy atom. The van der Waals surface area contributed by atoms with E-state index in [1.165, 1.54) is 6.08 Å². The molecule has 5 rings (SSSR count). The highest BCUT2D eigenvalue weighted by Gasteiger charge is 2.19. The lowest BCUT2D eigenvalue weighted by Crippen LogP contribution is -2.14. The van der Waals surface area contributed by atoms with E-state index in [9.17, 15) is 14.9 Å². The fraction of sp³-hybridized carbons (Fsp3) is 0.0345. The minimum Gasteiger partial charge on any atom is -0.422 e. The van der Waals surface area contributed by atoms with Gasteiger partial charge in [0.2, 0.25) is 0 Å². The molecule has 0 saturated heterocycles. The zero-order valence-electron chi connectivity index (χ0n) is 19.3. The number of aromatic nitrogens is 2. The molecule has 1 amide bonds. The summed E-state index contributed by atoms with van der Waals surface area (Å²) in [4.78, 5) is 25.9. The standard InChI is InChI=1S/C29H20N4O3/c1-19-9-5-7-13-25(19)31-28(34)21(17-30)15-22-18-33(23-11-3-2-4-12-23)32-27(22)24-16-20-10-6-8-14-26(20)36-29(24)35/h2-16,18H,1H3,(H,31,34)/b21-15-. The summed E-state index contributed by atoms with van der Waals surface area (Å²) >= 11 is 0. The molecule has 7 nitrogen and oxygen atoms in total. The summed E-state index contributed by atoms with van der Waals surface area (Å²) in [7, 11) is 0. The lowest BCUT2D eigenvalue weighted by atomic mass is 10.1. The number of benzene rings is 3. The van der Waals surface area contributed by atoms with Crippen molar-refractivity contribution in [2.45, 2.75) is 6.92 Å². The van der Waals surface area contributed by atoms with Crippen LogP contribution in [0.4, 0.5) is 5.69 Å². The number of hydrogen-bond donors (Lipinski definition) is 1. The van der Waals surface area contributed by atoms with Gasteiger partial charge < -0.3 is 9.73 Å². The quantitative estimate of drug-likeness (QED) is 0.207. The van der Waals surface area contributed by atoms with E-state index in [2.05, 4.69) is 10.4 Å². The smallest absolute Gasteiger partial charge is 0.345 e. The van der Waals surface area contributed by atoms with Crippen molar-refractivity contribution in [3.63, 3.8) is 0 Å². The second kappa shape index (κ2) is 9.57. The maximum absolute atomic E-state index is 13.0. The maximum atomic E-state index is 13.0. The first-order valence-corrected chi connectivity index (χ1v) is 11.2. The average Bonchev–Trinajstić information content (AvgIpc) is 3.32. The summed E-state index contributed by atoms with van der Waals surface area (Å²) in [6, 6.07) is 27.5. The predicted molar refractivity (Wildman–Crippen MR) is 138 cm³/mol. The van der Waals surface area contributed by atoms with Gasteiger partial charge in [0.1, 0.15) is 22.9 Å². The van der Waals surface area contributed by atoms with Crippen molar-refractivity contribution in [3.8, 4) is 23.0 Å². The molecule has 36 heavy (non-hydrogen) atoms. The summed E-state index contributed by atoms with van der Waals surface area (Å²) in [5.41, 5.74) is 2.96. The molecular weight excluding hydrogens is 452 g/mol. The van der Waals surface area contributed by atoms with E-state index >= 15 is 0 Å². The molecule has 1 N–H and O–H groups in total. The summed E-state index contributed by atoms with van der Waals surface area (Å²) in [6.45, 7) is 1.87. The first-order chi connectivity index (χ1) is 17.5. The molecule has 3 aromatic carbocycles. The molecule has 0 radical (unpaired) electrons. The number of carbonyl (C=O) groups is 1. The molecular formula is C29H20N4O3. The SMILES string of the molecule is Cc1ccccc1NC(=O)/C(C#N)=C\c1cn(-c2ccccc2)nc1-c1cc2ccccc2oc1=O. The van der Waals surface area contributed by atoms with Crippen LogP contribution < -0.4 is 10.9 Å². The Morgan fingerprint density at radius 1 is 1.03 bits per heavy atom. The van der Waals surface area contributed by atoms with E-state index in [1.807, 2.05) is 67.6 Å². The number of rotatable bonds is 5. The van der Waals surface area contributed by atoms with Crippen molar-refractivity contribution in [1.82, 2.24) is 9.78 Å². The van der Waals surface area contributed by atoms with Crippen molar-refractivity contribution in [1.29, 1.82) is 5.26 Å². The van der Waals surface area contributed by atoms with Crippen LogP contribution >= 0.6 is 0 Å². The van der Waals surface area contributed by atoms with Gasteiger partial charge in [0, 0.05) is 22.8 Å². The van der Waals surface area contributed by atoms with Crippen LogP contribution in [0.3, 0.4) is 0 Å². The molecule has 0 unspecified atom stereocenters. The Bertz CT molecular complexity index is 1720. The predicted octanol–water partition coefficient (Wildman–Crippen LogP) is 5.50. The van der Waals surface area contributed by atoms with E-state index in [1.54, 1.807) is 41.2 Å². The maximum Gasteiger partial charge on any atom is 0.345 e. The molecule has 0 saturated carbocycles. The molecule has 0 aliphatic rings. The van der Waals surface area contributed by atoms with Gasteiger partial charge in [-0.15, -0.1) is 0 Å². The largest absolute Gasteiger partial charge is 0.422 e. The molecule has 2 aromatic heterocycles. The normalized spacial score (nSPS) is 11.3. The van der Waals surface area contributed by atoms with Gasteiger partial charge in [0.05, 0.1) is 11.3 Å². The van der Waals surface area contributed by atoms with Crippen LogP contribution in [0.15, 0.2) is 106 Å². The first kappa shape index (κ1) is 22.6. The molecule has 7 heteroatoms. The number of carbonyl (C=O) groups excluding carboxylic acids is 1. The minimum absolute atomic E-state index is 0.128. The molecule has 2 heterocycles. The Kier molecular flexibility index (Phi) is 6.00. The third-order valence-corrected chi connectivity index (χ3v) is 5.72. The molecule has 0 fully saturated rings. The van der Waals surface area contributed by atoms with Gasteiger partial charge in [0.15, 0.2) is 0 Å². The summed E-state index contributed by atoms with van der Waals surface area (Å²) in [6.07, 6.45) is 3.11. The minimum atomic E-state index is -0.565. The van der Waals surface area contributed by atoms with Gasteiger partial charge in [-0.3, -0.25) is 4.79 Å². The van der Waals surface area contributed by atoms with Crippen LogP contribution in [0.2, 0.25) is 0 Å². The molecule has 0 aliphatic carbocycles. The Labute approximate surface area is 206 Å². The zero-order chi connectivity index (χ0) is 25.1. The fourth-order valence-electron chi connectivity index (χ4n) is 3.85. The van der Waals surface area contributed by atoms with Crippen LogP contribution in [0.1, 0.15) is 11.1 Å².